The average molecular weight is 247 g/mol. The molecule has 3 heterocycles. The average Bonchev–Trinajstić information content (AvgIpc) is 2.74. The number of nitrogens with one attached hydrogen (secondary N) is 1. The number of H-pyrrole nitrogens is 1. The summed E-state index contributed by atoms with van der Waals surface area (Å²) in [7, 11) is 0. The number of hydrogen-bond acceptors (Lipinski definition) is 5. The molecule has 1 aliphatic rings. The van der Waals surface area contributed by atoms with Gasteiger partial charge >= 0.3 is 0 Å². The quantitative estimate of drug-likeness (QED) is 0.786. The number of fused-ring (bicyclic) bond motifs is 1. The first kappa shape index (κ1) is 11.4. The van der Waals surface area contributed by atoms with Gasteiger partial charge in [-0.1, -0.05) is 0 Å². The molecule has 6 heteroatoms. The van der Waals surface area contributed by atoms with Gasteiger partial charge in [0.05, 0.1) is 17.2 Å². The van der Waals surface area contributed by atoms with Crippen LogP contribution in [0.15, 0.2) is 6.20 Å². The first-order chi connectivity index (χ1) is 8.55. The van der Waals surface area contributed by atoms with Crippen molar-refractivity contribution < 1.29 is 5.11 Å². The minimum Gasteiger partial charge on any atom is -0.388 e. The first-order valence-corrected chi connectivity index (χ1v) is 6.20. The third-order valence-electron chi connectivity index (χ3n) is 3.38. The molecule has 0 aliphatic carbocycles. The molecule has 3 rings (SSSR count). The van der Waals surface area contributed by atoms with Crippen LogP contribution < -0.4 is 4.90 Å². The topological polar surface area (TPSA) is 77.9 Å². The number of rotatable bonds is 1. The van der Waals surface area contributed by atoms with Gasteiger partial charge in [0.15, 0.2) is 5.65 Å². The molecule has 1 saturated heterocycles. The Balaban J connectivity index is 2.05. The molecule has 2 N–H and O–H groups in total. The molecule has 0 bridgehead atoms. The zero-order chi connectivity index (χ0) is 12.8. The Morgan fingerprint density at radius 3 is 3.06 bits per heavy atom. The highest BCUT2D eigenvalue weighted by Gasteiger charge is 2.30. The molecule has 6 nitrogen and oxygen atoms in total. The molecule has 1 fully saturated rings. The summed E-state index contributed by atoms with van der Waals surface area (Å²) in [6, 6.07) is 0. The van der Waals surface area contributed by atoms with Crippen molar-refractivity contribution in [2.24, 2.45) is 0 Å². The SMILES string of the molecule is Cc1nc(N2CCCC(C)(O)C2)c2cn[nH]c2n1. The number of aryl methyl sites for hydroxylation is 1. The van der Waals surface area contributed by atoms with Gasteiger partial charge in [-0.3, -0.25) is 5.10 Å². The van der Waals surface area contributed by atoms with E-state index in [-0.39, 0.29) is 0 Å². The Kier molecular flexibility index (Phi) is 2.48. The van der Waals surface area contributed by atoms with Gasteiger partial charge in [-0.05, 0) is 26.7 Å². The summed E-state index contributed by atoms with van der Waals surface area (Å²) in [6.07, 6.45) is 3.55. The van der Waals surface area contributed by atoms with E-state index in [2.05, 4.69) is 25.1 Å². The van der Waals surface area contributed by atoms with E-state index in [0.29, 0.717) is 12.4 Å². The molecule has 1 unspecified atom stereocenters. The molecule has 0 spiro atoms. The van der Waals surface area contributed by atoms with Crippen molar-refractivity contribution in [3.8, 4) is 0 Å². The van der Waals surface area contributed by atoms with E-state index in [4.69, 9.17) is 0 Å². The number of nitrogens with zero attached hydrogens (tertiary/aromatic N) is 4. The number of aromatic amines is 1. The highest BCUT2D eigenvalue weighted by Crippen LogP contribution is 2.28. The first-order valence-electron chi connectivity index (χ1n) is 6.20. The molecular formula is C12H17N5O. The zero-order valence-corrected chi connectivity index (χ0v) is 10.6. The molecule has 0 amide bonds. The number of anilines is 1. The van der Waals surface area contributed by atoms with E-state index in [0.717, 1.165) is 36.2 Å². The van der Waals surface area contributed by atoms with Crippen molar-refractivity contribution in [2.45, 2.75) is 32.3 Å². The summed E-state index contributed by atoms with van der Waals surface area (Å²) in [5.41, 5.74) is 0.107. The van der Waals surface area contributed by atoms with Gasteiger partial charge < -0.3 is 10.0 Å². The fourth-order valence-electron chi connectivity index (χ4n) is 2.57. The van der Waals surface area contributed by atoms with Crippen molar-refractivity contribution in [3.05, 3.63) is 12.0 Å². The van der Waals surface area contributed by atoms with Crippen molar-refractivity contribution >= 4 is 16.9 Å². The molecule has 2 aromatic heterocycles. The van der Waals surface area contributed by atoms with Crippen molar-refractivity contribution in [3.63, 3.8) is 0 Å². The van der Waals surface area contributed by atoms with Crippen LogP contribution in [0.4, 0.5) is 5.82 Å². The van der Waals surface area contributed by atoms with Crippen LogP contribution in [0.1, 0.15) is 25.6 Å². The summed E-state index contributed by atoms with van der Waals surface area (Å²) >= 11 is 0. The zero-order valence-electron chi connectivity index (χ0n) is 10.6. The predicted molar refractivity (Wildman–Crippen MR) is 68.5 cm³/mol. The van der Waals surface area contributed by atoms with Gasteiger partial charge in [-0.15, -0.1) is 0 Å². The molecule has 1 atom stereocenters. The summed E-state index contributed by atoms with van der Waals surface area (Å²) in [5, 5.41) is 18.0. The minimum absolute atomic E-state index is 0.601. The highest BCUT2D eigenvalue weighted by atomic mass is 16.3. The molecule has 1 aliphatic heterocycles. The third kappa shape index (κ3) is 1.92. The van der Waals surface area contributed by atoms with Gasteiger partial charge in [0.1, 0.15) is 11.6 Å². The minimum atomic E-state index is -0.646. The van der Waals surface area contributed by atoms with Gasteiger partial charge in [-0.2, -0.15) is 5.10 Å². The predicted octanol–water partition coefficient (Wildman–Crippen LogP) is 1.01. The lowest BCUT2D eigenvalue weighted by Crippen LogP contribution is -2.46. The van der Waals surface area contributed by atoms with E-state index >= 15 is 0 Å². The van der Waals surface area contributed by atoms with E-state index < -0.39 is 5.60 Å². The number of aromatic nitrogens is 4. The van der Waals surface area contributed by atoms with Crippen LogP contribution in [-0.2, 0) is 0 Å². The van der Waals surface area contributed by atoms with Crippen molar-refractivity contribution in [2.75, 3.05) is 18.0 Å². The molecule has 0 aromatic carbocycles. The fourth-order valence-corrected chi connectivity index (χ4v) is 2.57. The van der Waals surface area contributed by atoms with Gasteiger partial charge in [0.25, 0.3) is 0 Å². The second-order valence-electron chi connectivity index (χ2n) is 5.25. The fraction of sp³-hybridized carbons (Fsp3) is 0.583. The third-order valence-corrected chi connectivity index (χ3v) is 3.38. The van der Waals surface area contributed by atoms with Crippen LogP contribution in [0.2, 0.25) is 0 Å². The Bertz CT molecular complexity index is 577. The Morgan fingerprint density at radius 2 is 2.28 bits per heavy atom. The Morgan fingerprint density at radius 1 is 1.44 bits per heavy atom. The molecule has 18 heavy (non-hydrogen) atoms. The maximum absolute atomic E-state index is 10.2. The van der Waals surface area contributed by atoms with Gasteiger partial charge in [0.2, 0.25) is 0 Å². The number of aliphatic hydroxyl groups is 1. The van der Waals surface area contributed by atoms with Gasteiger partial charge in [-0.25, -0.2) is 9.97 Å². The second-order valence-corrected chi connectivity index (χ2v) is 5.25. The highest BCUT2D eigenvalue weighted by molar-refractivity contribution is 5.86. The van der Waals surface area contributed by atoms with Gasteiger partial charge in [0, 0.05) is 13.1 Å². The number of hydrogen-bond donors (Lipinski definition) is 2. The van der Waals surface area contributed by atoms with Crippen molar-refractivity contribution in [1.29, 1.82) is 0 Å². The normalized spacial score (nSPS) is 24.7. The van der Waals surface area contributed by atoms with Crippen molar-refractivity contribution in [1.82, 2.24) is 20.2 Å². The molecule has 2 aromatic rings. The summed E-state index contributed by atoms with van der Waals surface area (Å²) in [5.74, 6) is 1.58. The standard InChI is InChI=1S/C12H17N5O/c1-8-14-10-9(6-13-16-10)11(15-8)17-5-3-4-12(2,18)7-17/h6,18H,3-5,7H2,1-2H3,(H,13,14,15,16). The molecule has 0 radical (unpaired) electrons. The molecular weight excluding hydrogens is 230 g/mol. The van der Waals surface area contributed by atoms with E-state index in [1.165, 1.54) is 0 Å². The van der Waals surface area contributed by atoms with Crippen LogP contribution in [0.3, 0.4) is 0 Å². The lowest BCUT2D eigenvalue weighted by Gasteiger charge is -2.37. The summed E-state index contributed by atoms with van der Waals surface area (Å²) in [6.45, 7) is 5.25. The number of β-amino-alcohol motifs (C(OH)–C–C–N with tert-alkyl or cyclic N) is 1. The molecule has 0 saturated carbocycles. The lowest BCUT2D eigenvalue weighted by atomic mass is 9.95. The van der Waals surface area contributed by atoms with E-state index in [1.54, 1.807) is 6.20 Å². The van der Waals surface area contributed by atoms with Crippen LogP contribution in [0, 0.1) is 6.92 Å². The van der Waals surface area contributed by atoms with Crippen LogP contribution >= 0.6 is 0 Å². The largest absolute Gasteiger partial charge is 0.388 e. The van der Waals surface area contributed by atoms with Crippen LogP contribution in [0.25, 0.3) is 11.0 Å². The van der Waals surface area contributed by atoms with E-state index in [9.17, 15) is 5.11 Å². The second kappa shape index (κ2) is 3.91. The number of piperidine rings is 1. The molecule has 96 valence electrons. The summed E-state index contributed by atoms with van der Waals surface area (Å²) < 4.78 is 0. The monoisotopic (exact) mass is 247 g/mol. The Hall–Kier alpha value is -1.69. The summed E-state index contributed by atoms with van der Waals surface area (Å²) in [4.78, 5) is 10.9. The Labute approximate surface area is 105 Å². The van der Waals surface area contributed by atoms with E-state index in [1.807, 2.05) is 13.8 Å². The van der Waals surface area contributed by atoms with Crippen LogP contribution in [-0.4, -0.2) is 44.0 Å². The lowest BCUT2D eigenvalue weighted by molar-refractivity contribution is 0.0448. The van der Waals surface area contributed by atoms with Crippen LogP contribution in [0.5, 0.6) is 0 Å². The maximum atomic E-state index is 10.2. The maximum Gasteiger partial charge on any atom is 0.161 e. The smallest absolute Gasteiger partial charge is 0.161 e.